The van der Waals surface area contributed by atoms with Gasteiger partial charge in [0.25, 0.3) is 0 Å². The summed E-state index contributed by atoms with van der Waals surface area (Å²) in [6.45, 7) is 3.99. The Morgan fingerprint density at radius 1 is 1.70 bits per heavy atom. The van der Waals surface area contributed by atoms with Crippen molar-refractivity contribution >= 4 is 11.3 Å². The molecular formula is C7H11NOS. The van der Waals surface area contributed by atoms with Crippen molar-refractivity contribution in [2.24, 2.45) is 0 Å². The average Bonchev–Trinajstić information content (AvgIpc) is 2.34. The third-order valence-corrected chi connectivity index (χ3v) is 2.46. The Kier molecular flexibility index (Phi) is 2.40. The molecule has 3 heteroatoms. The first-order valence-electron chi connectivity index (χ1n) is 3.19. The van der Waals surface area contributed by atoms with E-state index in [0.717, 1.165) is 10.7 Å². The quantitative estimate of drug-likeness (QED) is 0.656. The first-order chi connectivity index (χ1) is 4.74. The van der Waals surface area contributed by atoms with Crippen LogP contribution in [0.5, 0.6) is 0 Å². The molecule has 10 heavy (non-hydrogen) atoms. The van der Waals surface area contributed by atoms with Gasteiger partial charge >= 0.3 is 0 Å². The molecule has 0 radical (unpaired) electrons. The van der Waals surface area contributed by atoms with Crippen LogP contribution in [0.1, 0.15) is 23.7 Å². The van der Waals surface area contributed by atoms with Gasteiger partial charge in [0.15, 0.2) is 0 Å². The highest BCUT2D eigenvalue weighted by molar-refractivity contribution is 7.09. The van der Waals surface area contributed by atoms with Crippen LogP contribution in [-0.2, 0) is 4.74 Å². The zero-order valence-electron chi connectivity index (χ0n) is 6.42. The normalized spacial score (nSPS) is 13.5. The van der Waals surface area contributed by atoms with Gasteiger partial charge in [-0.25, -0.2) is 4.98 Å². The minimum Gasteiger partial charge on any atom is -0.375 e. The lowest BCUT2D eigenvalue weighted by Crippen LogP contribution is -1.93. The number of rotatable bonds is 2. The van der Waals surface area contributed by atoms with Crippen LogP contribution in [0, 0.1) is 6.92 Å². The number of methoxy groups -OCH3 is 1. The molecular weight excluding hydrogens is 146 g/mol. The maximum absolute atomic E-state index is 5.10. The van der Waals surface area contributed by atoms with Crippen LogP contribution in [-0.4, -0.2) is 12.1 Å². The Bertz CT molecular complexity index is 209. The standard InChI is InChI=1S/C7H11NOS/c1-5-4-10-7(8-5)6(2)9-3/h4,6H,1-3H3. The van der Waals surface area contributed by atoms with E-state index in [9.17, 15) is 0 Å². The van der Waals surface area contributed by atoms with Gasteiger partial charge in [0.1, 0.15) is 11.1 Å². The van der Waals surface area contributed by atoms with Crippen molar-refractivity contribution in [1.29, 1.82) is 0 Å². The number of aromatic nitrogens is 1. The van der Waals surface area contributed by atoms with Crippen molar-refractivity contribution in [2.75, 3.05) is 7.11 Å². The summed E-state index contributed by atoms with van der Waals surface area (Å²) in [5.41, 5.74) is 1.07. The fraction of sp³-hybridized carbons (Fsp3) is 0.571. The van der Waals surface area contributed by atoms with E-state index >= 15 is 0 Å². The first kappa shape index (κ1) is 7.69. The van der Waals surface area contributed by atoms with E-state index in [-0.39, 0.29) is 6.10 Å². The second kappa shape index (κ2) is 3.12. The van der Waals surface area contributed by atoms with Crippen LogP contribution in [0.15, 0.2) is 5.38 Å². The summed E-state index contributed by atoms with van der Waals surface area (Å²) >= 11 is 1.65. The van der Waals surface area contributed by atoms with E-state index < -0.39 is 0 Å². The molecule has 0 aliphatic carbocycles. The summed E-state index contributed by atoms with van der Waals surface area (Å²) in [4.78, 5) is 4.27. The Hall–Kier alpha value is -0.410. The maximum Gasteiger partial charge on any atom is 0.121 e. The Morgan fingerprint density at radius 2 is 2.40 bits per heavy atom. The van der Waals surface area contributed by atoms with Crippen molar-refractivity contribution < 1.29 is 4.74 Å². The first-order valence-corrected chi connectivity index (χ1v) is 4.07. The number of ether oxygens (including phenoxy) is 1. The second-order valence-electron chi connectivity index (χ2n) is 2.21. The molecule has 0 bridgehead atoms. The summed E-state index contributed by atoms with van der Waals surface area (Å²) in [6.07, 6.45) is 0.138. The highest BCUT2D eigenvalue weighted by atomic mass is 32.1. The minimum atomic E-state index is 0.138. The SMILES string of the molecule is COC(C)c1nc(C)cs1. The summed E-state index contributed by atoms with van der Waals surface area (Å²) in [7, 11) is 1.70. The van der Waals surface area contributed by atoms with Crippen molar-refractivity contribution in [3.8, 4) is 0 Å². The van der Waals surface area contributed by atoms with Crippen LogP contribution in [0.25, 0.3) is 0 Å². The van der Waals surface area contributed by atoms with Gasteiger partial charge in [0.05, 0.1) is 0 Å². The Labute approximate surface area is 64.9 Å². The van der Waals surface area contributed by atoms with Gasteiger partial charge in [-0.1, -0.05) is 0 Å². The summed E-state index contributed by atoms with van der Waals surface area (Å²) in [5.74, 6) is 0. The molecule has 56 valence electrons. The van der Waals surface area contributed by atoms with Gasteiger partial charge in [-0.3, -0.25) is 0 Å². The molecule has 0 aromatic carbocycles. The average molecular weight is 157 g/mol. The van der Waals surface area contributed by atoms with Gasteiger partial charge in [0.2, 0.25) is 0 Å². The largest absolute Gasteiger partial charge is 0.375 e. The molecule has 0 aliphatic heterocycles. The van der Waals surface area contributed by atoms with Gasteiger partial charge in [-0.15, -0.1) is 11.3 Å². The fourth-order valence-electron chi connectivity index (χ4n) is 0.660. The van der Waals surface area contributed by atoms with Gasteiger partial charge < -0.3 is 4.74 Å². The van der Waals surface area contributed by atoms with E-state index in [4.69, 9.17) is 4.74 Å². The monoisotopic (exact) mass is 157 g/mol. The predicted molar refractivity (Wildman–Crippen MR) is 42.3 cm³/mol. The van der Waals surface area contributed by atoms with Crippen molar-refractivity contribution in [1.82, 2.24) is 4.98 Å². The number of hydrogen-bond acceptors (Lipinski definition) is 3. The summed E-state index contributed by atoms with van der Waals surface area (Å²) in [6, 6.07) is 0. The van der Waals surface area contributed by atoms with Crippen molar-refractivity contribution in [3.05, 3.63) is 16.1 Å². The van der Waals surface area contributed by atoms with Crippen LogP contribution >= 0.6 is 11.3 Å². The zero-order valence-corrected chi connectivity index (χ0v) is 7.23. The molecule has 1 heterocycles. The second-order valence-corrected chi connectivity index (χ2v) is 3.09. The molecule has 1 rings (SSSR count). The Morgan fingerprint density at radius 3 is 2.80 bits per heavy atom. The maximum atomic E-state index is 5.10. The molecule has 1 unspecified atom stereocenters. The lowest BCUT2D eigenvalue weighted by molar-refractivity contribution is 0.119. The molecule has 0 fully saturated rings. The third kappa shape index (κ3) is 1.55. The topological polar surface area (TPSA) is 22.1 Å². The Balaban J connectivity index is 2.74. The van der Waals surface area contributed by atoms with Crippen LogP contribution in [0.3, 0.4) is 0 Å². The minimum absolute atomic E-state index is 0.138. The predicted octanol–water partition coefficient (Wildman–Crippen LogP) is 2.16. The van der Waals surface area contributed by atoms with Gasteiger partial charge in [0, 0.05) is 18.2 Å². The zero-order chi connectivity index (χ0) is 7.56. The fourth-order valence-corrected chi connectivity index (χ4v) is 1.49. The van der Waals surface area contributed by atoms with E-state index in [0.29, 0.717) is 0 Å². The van der Waals surface area contributed by atoms with Gasteiger partial charge in [-0.05, 0) is 13.8 Å². The molecule has 0 amide bonds. The van der Waals surface area contributed by atoms with Crippen LogP contribution < -0.4 is 0 Å². The van der Waals surface area contributed by atoms with Crippen LogP contribution in [0.2, 0.25) is 0 Å². The molecule has 0 aliphatic rings. The lowest BCUT2D eigenvalue weighted by Gasteiger charge is -2.02. The summed E-state index contributed by atoms with van der Waals surface area (Å²) in [5, 5.41) is 3.09. The molecule has 0 N–H and O–H groups in total. The molecule has 0 spiro atoms. The van der Waals surface area contributed by atoms with Crippen molar-refractivity contribution in [2.45, 2.75) is 20.0 Å². The molecule has 1 atom stereocenters. The van der Waals surface area contributed by atoms with E-state index in [1.807, 2.05) is 19.2 Å². The molecule has 1 aromatic rings. The van der Waals surface area contributed by atoms with E-state index in [1.54, 1.807) is 18.4 Å². The number of thiazole rings is 1. The molecule has 2 nitrogen and oxygen atoms in total. The van der Waals surface area contributed by atoms with Crippen molar-refractivity contribution in [3.63, 3.8) is 0 Å². The van der Waals surface area contributed by atoms with E-state index in [1.165, 1.54) is 0 Å². The summed E-state index contributed by atoms with van der Waals surface area (Å²) < 4.78 is 5.10. The number of hydrogen-bond donors (Lipinski definition) is 0. The van der Waals surface area contributed by atoms with Gasteiger partial charge in [-0.2, -0.15) is 0 Å². The molecule has 1 aromatic heterocycles. The van der Waals surface area contributed by atoms with Crippen LogP contribution in [0.4, 0.5) is 0 Å². The molecule has 0 saturated heterocycles. The number of aryl methyl sites for hydroxylation is 1. The number of nitrogens with zero attached hydrogens (tertiary/aromatic N) is 1. The smallest absolute Gasteiger partial charge is 0.121 e. The lowest BCUT2D eigenvalue weighted by atomic mass is 10.4. The third-order valence-electron chi connectivity index (χ3n) is 1.34. The highest BCUT2D eigenvalue weighted by Crippen LogP contribution is 2.19. The highest BCUT2D eigenvalue weighted by Gasteiger charge is 2.06. The molecule has 0 saturated carbocycles. The van der Waals surface area contributed by atoms with E-state index in [2.05, 4.69) is 4.98 Å².